The van der Waals surface area contributed by atoms with Crippen molar-refractivity contribution in [2.24, 2.45) is 0 Å². The fourth-order valence-corrected chi connectivity index (χ4v) is 2.41. The minimum atomic E-state index is -4.78. The van der Waals surface area contributed by atoms with Crippen LogP contribution in [-0.4, -0.2) is 11.0 Å². The maximum atomic E-state index is 12.7. The van der Waals surface area contributed by atoms with Crippen molar-refractivity contribution >= 4 is 40.5 Å². The number of esters is 1. The molecule has 0 atom stereocenters. The Morgan fingerprint density at radius 2 is 1.80 bits per heavy atom. The van der Waals surface area contributed by atoms with Gasteiger partial charge >= 0.3 is 12.1 Å². The summed E-state index contributed by atoms with van der Waals surface area (Å²) in [6.45, 7) is 0. The van der Waals surface area contributed by atoms with Gasteiger partial charge in [-0.15, -0.1) is 0 Å². The molecule has 1 heterocycles. The molecule has 106 valence electrons. The summed E-state index contributed by atoms with van der Waals surface area (Å²) in [5.74, 6) is -1.11. The van der Waals surface area contributed by atoms with Crippen LogP contribution in [0.1, 0.15) is 15.4 Å². The molecule has 0 aliphatic carbocycles. The molecule has 2 rings (SSSR count). The molecule has 0 spiro atoms. The zero-order valence-corrected chi connectivity index (χ0v) is 11.7. The Kier molecular flexibility index (Phi) is 4.22. The van der Waals surface area contributed by atoms with Gasteiger partial charge in [0.05, 0.1) is 0 Å². The normalized spacial score (nSPS) is 11.4. The zero-order valence-electron chi connectivity index (χ0n) is 9.37. The molecule has 1 aromatic heterocycles. The Balaban J connectivity index is 2.28. The highest BCUT2D eigenvalue weighted by Crippen LogP contribution is 2.36. The van der Waals surface area contributed by atoms with Crippen LogP contribution in [0.2, 0.25) is 9.49 Å². The highest BCUT2D eigenvalue weighted by Gasteiger charge is 2.40. The second-order valence-electron chi connectivity index (χ2n) is 3.49. The number of benzene rings is 1. The van der Waals surface area contributed by atoms with Crippen molar-refractivity contribution in [3.63, 3.8) is 0 Å². The summed E-state index contributed by atoms with van der Waals surface area (Å²) in [6.07, 6.45) is -4.78. The Bertz CT molecular complexity index is 640. The number of carbonyl (C=O) groups excluding carboxylic acids is 1. The smallest absolute Gasteiger partial charge is 0.422 e. The van der Waals surface area contributed by atoms with Crippen LogP contribution in [-0.2, 0) is 6.18 Å². The minimum absolute atomic E-state index is 0.0667. The molecule has 0 N–H and O–H groups in total. The molecule has 0 unspecified atom stereocenters. The van der Waals surface area contributed by atoms with Crippen molar-refractivity contribution in [2.45, 2.75) is 6.18 Å². The fourth-order valence-electron chi connectivity index (χ4n) is 1.28. The van der Waals surface area contributed by atoms with Crippen molar-refractivity contribution in [1.82, 2.24) is 4.98 Å². The van der Waals surface area contributed by atoms with E-state index in [9.17, 15) is 18.0 Å². The van der Waals surface area contributed by atoms with E-state index in [1.165, 1.54) is 24.3 Å². The van der Waals surface area contributed by atoms with E-state index >= 15 is 0 Å². The van der Waals surface area contributed by atoms with E-state index in [1.54, 1.807) is 0 Å². The number of thiazole rings is 1. The lowest BCUT2D eigenvalue weighted by Gasteiger charge is -2.06. The van der Waals surface area contributed by atoms with Crippen LogP contribution in [0.4, 0.5) is 13.2 Å². The van der Waals surface area contributed by atoms with E-state index in [-0.39, 0.29) is 10.2 Å². The molecule has 1 aromatic carbocycles. The summed E-state index contributed by atoms with van der Waals surface area (Å²) in [5.41, 5.74) is -1.36. The number of hydrogen-bond acceptors (Lipinski definition) is 4. The van der Waals surface area contributed by atoms with Crippen molar-refractivity contribution in [1.29, 1.82) is 0 Å². The van der Waals surface area contributed by atoms with Crippen LogP contribution in [0.5, 0.6) is 5.75 Å². The van der Waals surface area contributed by atoms with Crippen molar-refractivity contribution in [3.05, 3.63) is 44.3 Å². The third-order valence-electron chi connectivity index (χ3n) is 2.08. The largest absolute Gasteiger partial charge is 0.435 e. The molecule has 3 nitrogen and oxygen atoms in total. The van der Waals surface area contributed by atoms with Gasteiger partial charge in [-0.1, -0.05) is 34.5 Å². The van der Waals surface area contributed by atoms with Crippen LogP contribution in [0.25, 0.3) is 0 Å². The van der Waals surface area contributed by atoms with Gasteiger partial charge in [-0.25, -0.2) is 9.78 Å². The molecule has 0 saturated heterocycles. The Morgan fingerprint density at radius 1 is 1.20 bits per heavy atom. The van der Waals surface area contributed by atoms with Crippen LogP contribution < -0.4 is 4.74 Å². The van der Waals surface area contributed by atoms with Gasteiger partial charge in [-0.05, 0) is 24.3 Å². The second kappa shape index (κ2) is 5.59. The zero-order chi connectivity index (χ0) is 14.9. The lowest BCUT2D eigenvalue weighted by atomic mass is 10.3. The van der Waals surface area contributed by atoms with Crippen LogP contribution in [0.15, 0.2) is 24.3 Å². The second-order valence-corrected chi connectivity index (χ2v) is 5.50. The summed E-state index contributed by atoms with van der Waals surface area (Å²) in [5, 5.41) is 0.404. The van der Waals surface area contributed by atoms with Gasteiger partial charge < -0.3 is 4.74 Å². The standard InChI is InChI=1S/C11H4Cl2F3NO2S/c12-5-1-3-6(4-2-5)19-9(18)7-8(11(14,15)16)17-10(13)20-7/h1-4H. The third kappa shape index (κ3) is 3.41. The topological polar surface area (TPSA) is 39.2 Å². The van der Waals surface area contributed by atoms with Gasteiger partial charge in [0.1, 0.15) is 10.6 Å². The summed E-state index contributed by atoms with van der Waals surface area (Å²) >= 11 is 11.5. The first-order chi connectivity index (χ1) is 9.27. The molecule has 0 aliphatic heterocycles. The molecule has 0 amide bonds. The SMILES string of the molecule is O=C(Oc1ccc(Cl)cc1)c1sc(Cl)nc1C(F)(F)F. The van der Waals surface area contributed by atoms with Gasteiger partial charge in [0.2, 0.25) is 0 Å². The van der Waals surface area contributed by atoms with Gasteiger partial charge in [0.25, 0.3) is 0 Å². The van der Waals surface area contributed by atoms with E-state index in [1.807, 2.05) is 0 Å². The minimum Gasteiger partial charge on any atom is -0.422 e. The summed E-state index contributed by atoms with van der Waals surface area (Å²) in [6, 6.07) is 5.59. The van der Waals surface area contributed by atoms with Crippen molar-refractivity contribution < 1.29 is 22.7 Å². The monoisotopic (exact) mass is 341 g/mol. The number of rotatable bonds is 2. The molecular weight excluding hydrogens is 338 g/mol. The first-order valence-corrected chi connectivity index (χ1v) is 6.56. The first-order valence-electron chi connectivity index (χ1n) is 4.98. The number of nitrogens with zero attached hydrogens (tertiary/aromatic N) is 1. The summed E-state index contributed by atoms with van der Waals surface area (Å²) < 4.78 is 42.5. The van der Waals surface area contributed by atoms with Gasteiger partial charge in [0.15, 0.2) is 10.2 Å². The Labute approximate surface area is 124 Å². The molecule has 9 heteroatoms. The van der Waals surface area contributed by atoms with Crippen molar-refractivity contribution in [2.75, 3.05) is 0 Å². The fraction of sp³-hybridized carbons (Fsp3) is 0.0909. The highest BCUT2D eigenvalue weighted by molar-refractivity contribution is 7.17. The van der Waals surface area contributed by atoms with Gasteiger partial charge in [-0.2, -0.15) is 13.2 Å². The van der Waals surface area contributed by atoms with E-state index in [4.69, 9.17) is 27.9 Å². The quantitative estimate of drug-likeness (QED) is 0.587. The molecule has 0 aliphatic rings. The lowest BCUT2D eigenvalue weighted by Crippen LogP contribution is -2.15. The average Bonchev–Trinajstić information content (AvgIpc) is 2.74. The summed E-state index contributed by atoms with van der Waals surface area (Å²) in [4.78, 5) is 14.1. The van der Waals surface area contributed by atoms with E-state index in [0.717, 1.165) is 0 Å². The first kappa shape index (κ1) is 15.1. The molecule has 2 aromatic rings. The Morgan fingerprint density at radius 3 is 2.35 bits per heavy atom. The number of alkyl halides is 3. The predicted octanol–water partition coefficient (Wildman–Crippen LogP) is 4.69. The molecule has 0 radical (unpaired) electrons. The number of hydrogen-bond donors (Lipinski definition) is 0. The highest BCUT2D eigenvalue weighted by atomic mass is 35.5. The van der Waals surface area contributed by atoms with Gasteiger partial charge in [-0.3, -0.25) is 0 Å². The summed E-state index contributed by atoms with van der Waals surface area (Å²) in [7, 11) is 0. The Hall–Kier alpha value is -1.31. The van der Waals surface area contributed by atoms with Gasteiger partial charge in [0, 0.05) is 5.02 Å². The van der Waals surface area contributed by atoms with E-state index < -0.39 is 22.7 Å². The predicted molar refractivity (Wildman–Crippen MR) is 68.5 cm³/mol. The number of carbonyl (C=O) groups is 1. The average molecular weight is 342 g/mol. The molecule has 0 saturated carbocycles. The maximum absolute atomic E-state index is 12.7. The van der Waals surface area contributed by atoms with E-state index in [0.29, 0.717) is 16.4 Å². The molecule has 20 heavy (non-hydrogen) atoms. The van der Waals surface area contributed by atoms with Crippen molar-refractivity contribution in [3.8, 4) is 5.75 Å². The lowest BCUT2D eigenvalue weighted by molar-refractivity contribution is -0.141. The number of aromatic nitrogens is 1. The molecule has 0 bridgehead atoms. The number of ether oxygens (including phenoxy) is 1. The van der Waals surface area contributed by atoms with Crippen LogP contribution in [0.3, 0.4) is 0 Å². The number of halogens is 5. The third-order valence-corrected chi connectivity index (χ3v) is 3.47. The molecule has 0 fully saturated rings. The van der Waals surface area contributed by atoms with Crippen LogP contribution in [0, 0.1) is 0 Å². The van der Waals surface area contributed by atoms with E-state index in [2.05, 4.69) is 4.98 Å². The maximum Gasteiger partial charge on any atom is 0.435 e. The van der Waals surface area contributed by atoms with Crippen LogP contribution >= 0.6 is 34.5 Å². The molecular formula is C11H4Cl2F3NO2S.